The number of thiophene rings is 1. The molecule has 0 radical (unpaired) electrons. The minimum Gasteiger partial charge on any atom is -0.386 e. The summed E-state index contributed by atoms with van der Waals surface area (Å²) in [5.41, 5.74) is 0. The van der Waals surface area contributed by atoms with Gasteiger partial charge < -0.3 is 20.6 Å². The predicted octanol–water partition coefficient (Wildman–Crippen LogP) is 2.05. The summed E-state index contributed by atoms with van der Waals surface area (Å²) in [6, 6.07) is 10.2. The number of fused-ring (bicyclic) bond motifs is 1. The van der Waals surface area contributed by atoms with Gasteiger partial charge in [0, 0.05) is 36.3 Å². The van der Waals surface area contributed by atoms with E-state index in [1.54, 1.807) is 18.4 Å². The number of aliphatic imine (C=N–C) groups is 1. The molecule has 1 heterocycles. The summed E-state index contributed by atoms with van der Waals surface area (Å²) >= 11 is 1.63. The first-order valence-electron chi connectivity index (χ1n) is 7.93. The van der Waals surface area contributed by atoms with Crippen LogP contribution in [-0.4, -0.2) is 56.2 Å². The third-order valence-corrected chi connectivity index (χ3v) is 5.00. The molecule has 2 rings (SSSR count). The van der Waals surface area contributed by atoms with Gasteiger partial charge in [-0.15, -0.1) is 11.3 Å². The van der Waals surface area contributed by atoms with Crippen LogP contribution in [0.2, 0.25) is 0 Å². The number of aliphatic hydroxyl groups is 1. The summed E-state index contributed by atoms with van der Waals surface area (Å²) in [5, 5.41) is 18.0. The highest BCUT2D eigenvalue weighted by molar-refractivity contribution is 7.19. The highest BCUT2D eigenvalue weighted by Crippen LogP contribution is 2.29. The van der Waals surface area contributed by atoms with Crippen molar-refractivity contribution in [2.45, 2.75) is 13.0 Å². The van der Waals surface area contributed by atoms with Crippen molar-refractivity contribution in [3.8, 4) is 0 Å². The second kappa shape index (κ2) is 8.86. The van der Waals surface area contributed by atoms with Crippen molar-refractivity contribution in [1.29, 1.82) is 0 Å². The van der Waals surface area contributed by atoms with Crippen LogP contribution in [0, 0.1) is 0 Å². The molecule has 6 heteroatoms. The molecule has 5 nitrogen and oxygen atoms in total. The minimum atomic E-state index is -0.538. The van der Waals surface area contributed by atoms with Gasteiger partial charge in [-0.25, -0.2) is 0 Å². The van der Waals surface area contributed by atoms with E-state index in [-0.39, 0.29) is 0 Å². The van der Waals surface area contributed by atoms with Crippen molar-refractivity contribution in [1.82, 2.24) is 15.5 Å². The largest absolute Gasteiger partial charge is 0.386 e. The van der Waals surface area contributed by atoms with Gasteiger partial charge in [0.1, 0.15) is 6.10 Å². The van der Waals surface area contributed by atoms with Crippen molar-refractivity contribution >= 4 is 27.4 Å². The monoisotopic (exact) mass is 334 g/mol. The first-order chi connectivity index (χ1) is 11.1. The van der Waals surface area contributed by atoms with E-state index in [9.17, 15) is 5.11 Å². The molecule has 0 saturated heterocycles. The van der Waals surface area contributed by atoms with E-state index in [1.165, 1.54) is 10.1 Å². The van der Waals surface area contributed by atoms with Gasteiger partial charge in [-0.2, -0.15) is 0 Å². The smallest absolute Gasteiger partial charge is 0.191 e. The molecule has 0 spiro atoms. The lowest BCUT2D eigenvalue weighted by molar-refractivity contribution is 0.184. The van der Waals surface area contributed by atoms with Gasteiger partial charge in [0.25, 0.3) is 0 Å². The van der Waals surface area contributed by atoms with Gasteiger partial charge in [0.05, 0.1) is 0 Å². The fourth-order valence-corrected chi connectivity index (χ4v) is 3.26. The molecular weight excluding hydrogens is 308 g/mol. The Morgan fingerprint density at radius 2 is 2.13 bits per heavy atom. The Morgan fingerprint density at radius 3 is 2.83 bits per heavy atom. The third kappa shape index (κ3) is 5.20. The number of aliphatic hydroxyl groups excluding tert-OH is 1. The Balaban J connectivity index is 1.83. The normalized spacial score (nSPS) is 13.5. The first kappa shape index (κ1) is 17.7. The lowest BCUT2D eigenvalue weighted by Crippen LogP contribution is -2.42. The summed E-state index contributed by atoms with van der Waals surface area (Å²) in [6.07, 6.45) is -0.538. The van der Waals surface area contributed by atoms with Crippen LogP contribution in [-0.2, 0) is 0 Å². The Kier molecular flexibility index (Phi) is 6.83. The van der Waals surface area contributed by atoms with Crippen LogP contribution < -0.4 is 10.6 Å². The number of nitrogens with zero attached hydrogens (tertiary/aromatic N) is 2. The van der Waals surface area contributed by atoms with Crippen molar-refractivity contribution in [3.05, 3.63) is 35.2 Å². The Labute approximate surface area is 142 Å². The Hall–Kier alpha value is -1.63. The molecule has 23 heavy (non-hydrogen) atoms. The van der Waals surface area contributed by atoms with E-state index >= 15 is 0 Å². The molecule has 1 aromatic heterocycles. The average molecular weight is 334 g/mol. The number of rotatable bonds is 7. The van der Waals surface area contributed by atoms with E-state index in [2.05, 4.69) is 52.7 Å². The number of hydrogen-bond acceptors (Lipinski definition) is 4. The maximum absolute atomic E-state index is 10.4. The van der Waals surface area contributed by atoms with E-state index in [1.807, 2.05) is 12.1 Å². The number of likely N-dealkylation sites (N-methyl/N-ethyl adjacent to an activating group) is 1. The van der Waals surface area contributed by atoms with Crippen LogP contribution in [0.5, 0.6) is 0 Å². The number of benzene rings is 1. The summed E-state index contributed by atoms with van der Waals surface area (Å²) in [6.45, 7) is 5.38. The number of hydrogen-bond donors (Lipinski definition) is 3. The van der Waals surface area contributed by atoms with Gasteiger partial charge in [-0.05, 0) is 31.1 Å². The van der Waals surface area contributed by atoms with Crippen molar-refractivity contribution in [2.24, 2.45) is 4.99 Å². The molecule has 2 aromatic rings. The van der Waals surface area contributed by atoms with Crippen molar-refractivity contribution in [2.75, 3.05) is 40.3 Å². The molecule has 1 atom stereocenters. The Bertz CT molecular complexity index is 607. The highest BCUT2D eigenvalue weighted by Gasteiger charge is 2.12. The quantitative estimate of drug-likeness (QED) is 0.536. The minimum absolute atomic E-state index is 0.441. The highest BCUT2D eigenvalue weighted by atomic mass is 32.1. The molecule has 0 aliphatic rings. The molecule has 0 fully saturated rings. The molecule has 3 N–H and O–H groups in total. The van der Waals surface area contributed by atoms with Gasteiger partial charge in [0.15, 0.2) is 5.96 Å². The fourth-order valence-electron chi connectivity index (χ4n) is 2.20. The predicted molar refractivity (Wildman–Crippen MR) is 99.3 cm³/mol. The second-order valence-corrected chi connectivity index (χ2v) is 6.59. The summed E-state index contributed by atoms with van der Waals surface area (Å²) in [4.78, 5) is 7.39. The molecule has 126 valence electrons. The fraction of sp³-hybridized carbons (Fsp3) is 0.471. The SMILES string of the molecule is CCN(C)CCNC(=NC)NCC(O)c1cc2ccccc2s1. The molecule has 0 saturated carbocycles. The van der Waals surface area contributed by atoms with E-state index < -0.39 is 6.10 Å². The summed E-state index contributed by atoms with van der Waals surface area (Å²) in [7, 11) is 3.83. The topological polar surface area (TPSA) is 59.9 Å². The summed E-state index contributed by atoms with van der Waals surface area (Å²) < 4.78 is 1.20. The van der Waals surface area contributed by atoms with Crippen LogP contribution in [0.15, 0.2) is 35.3 Å². The molecule has 1 unspecified atom stereocenters. The molecule has 1 aromatic carbocycles. The lowest BCUT2D eigenvalue weighted by atomic mass is 10.2. The van der Waals surface area contributed by atoms with Gasteiger partial charge >= 0.3 is 0 Å². The second-order valence-electron chi connectivity index (χ2n) is 5.48. The van der Waals surface area contributed by atoms with Gasteiger partial charge in [-0.3, -0.25) is 4.99 Å². The molecule has 0 aliphatic carbocycles. The van der Waals surface area contributed by atoms with E-state index in [0.717, 1.165) is 30.5 Å². The summed E-state index contributed by atoms with van der Waals surface area (Å²) in [5.74, 6) is 0.717. The molecule has 0 amide bonds. The maximum Gasteiger partial charge on any atom is 0.191 e. The van der Waals surface area contributed by atoms with Crippen molar-refractivity contribution < 1.29 is 5.11 Å². The molecular formula is C17H26N4OS. The van der Waals surface area contributed by atoms with Crippen LogP contribution in [0.25, 0.3) is 10.1 Å². The van der Waals surface area contributed by atoms with Crippen molar-refractivity contribution in [3.63, 3.8) is 0 Å². The van der Waals surface area contributed by atoms with Crippen LogP contribution in [0.3, 0.4) is 0 Å². The first-order valence-corrected chi connectivity index (χ1v) is 8.75. The third-order valence-electron chi connectivity index (χ3n) is 3.79. The van der Waals surface area contributed by atoms with Gasteiger partial charge in [-0.1, -0.05) is 25.1 Å². The van der Waals surface area contributed by atoms with E-state index in [4.69, 9.17) is 0 Å². The Morgan fingerprint density at radius 1 is 1.35 bits per heavy atom. The molecule has 0 aliphatic heterocycles. The van der Waals surface area contributed by atoms with E-state index in [0.29, 0.717) is 6.54 Å². The van der Waals surface area contributed by atoms with Crippen LogP contribution in [0.1, 0.15) is 17.9 Å². The molecule has 0 bridgehead atoms. The maximum atomic E-state index is 10.4. The standard InChI is InChI=1S/C17H26N4OS/c1-4-21(3)10-9-19-17(18-2)20-12-14(22)16-11-13-7-5-6-8-15(13)23-16/h5-8,11,14,22H,4,9-10,12H2,1-3H3,(H2,18,19,20). The number of nitrogens with one attached hydrogen (secondary N) is 2. The lowest BCUT2D eigenvalue weighted by Gasteiger charge is -2.17. The van der Waals surface area contributed by atoms with Crippen LogP contribution in [0.4, 0.5) is 0 Å². The van der Waals surface area contributed by atoms with Gasteiger partial charge in [0.2, 0.25) is 0 Å². The number of guanidine groups is 1. The zero-order valence-corrected chi connectivity index (χ0v) is 14.9. The zero-order valence-electron chi connectivity index (χ0n) is 14.0. The zero-order chi connectivity index (χ0) is 16.7. The average Bonchev–Trinajstić information content (AvgIpc) is 3.01. The van der Waals surface area contributed by atoms with Crippen LogP contribution >= 0.6 is 11.3 Å².